The van der Waals surface area contributed by atoms with Crippen LogP contribution in [0.2, 0.25) is 0 Å². The molecular weight excluding hydrogens is 322 g/mol. The molecule has 130 valence electrons. The molecule has 1 aliphatic rings. The quantitative estimate of drug-likeness (QED) is 0.783. The topological polar surface area (TPSA) is 91.7 Å². The van der Waals surface area contributed by atoms with E-state index < -0.39 is 23.4 Å². The molecule has 7 heteroatoms. The third-order valence-corrected chi connectivity index (χ3v) is 4.31. The van der Waals surface area contributed by atoms with Gasteiger partial charge in [-0.3, -0.25) is 14.5 Å². The largest absolute Gasteiger partial charge is 0.467 e. The van der Waals surface area contributed by atoms with Gasteiger partial charge in [0.2, 0.25) is 5.91 Å². The van der Waals surface area contributed by atoms with Crippen molar-refractivity contribution >= 4 is 17.8 Å². The first-order valence-corrected chi connectivity index (χ1v) is 8.05. The Morgan fingerprint density at radius 1 is 1.20 bits per heavy atom. The molecule has 1 aromatic heterocycles. The van der Waals surface area contributed by atoms with Crippen molar-refractivity contribution in [2.75, 3.05) is 6.54 Å². The molecule has 3 rings (SSSR count). The average Bonchev–Trinajstić information content (AvgIpc) is 3.23. The molecule has 1 atom stereocenters. The number of furan rings is 1. The molecule has 1 fully saturated rings. The predicted molar refractivity (Wildman–Crippen MR) is 89.2 cm³/mol. The number of nitrogens with one attached hydrogen (secondary N) is 2. The minimum absolute atomic E-state index is 0.201. The Morgan fingerprint density at radius 2 is 1.96 bits per heavy atom. The number of hydrogen-bond donors (Lipinski definition) is 2. The number of urea groups is 1. The molecule has 1 aliphatic heterocycles. The van der Waals surface area contributed by atoms with Crippen molar-refractivity contribution in [1.29, 1.82) is 0 Å². The maximum atomic E-state index is 12.9. The van der Waals surface area contributed by atoms with Crippen molar-refractivity contribution in [2.24, 2.45) is 0 Å². The second-order valence-electron chi connectivity index (χ2n) is 5.80. The van der Waals surface area contributed by atoms with E-state index in [0.29, 0.717) is 17.7 Å². The summed E-state index contributed by atoms with van der Waals surface area (Å²) in [6, 6.07) is 11.9. The molecule has 0 aliphatic carbocycles. The van der Waals surface area contributed by atoms with Crippen LogP contribution in [0.25, 0.3) is 0 Å². The van der Waals surface area contributed by atoms with Gasteiger partial charge in [0.15, 0.2) is 0 Å². The molecule has 1 saturated heterocycles. The van der Waals surface area contributed by atoms with E-state index >= 15 is 0 Å². The van der Waals surface area contributed by atoms with Crippen LogP contribution in [-0.4, -0.2) is 29.3 Å². The summed E-state index contributed by atoms with van der Waals surface area (Å²) in [4.78, 5) is 38.2. The van der Waals surface area contributed by atoms with E-state index in [0.717, 1.165) is 4.90 Å². The molecule has 2 aromatic rings. The van der Waals surface area contributed by atoms with E-state index in [1.54, 1.807) is 24.3 Å². The smallest absolute Gasteiger partial charge is 0.325 e. The summed E-state index contributed by atoms with van der Waals surface area (Å²) in [6.45, 7) is 1.69. The second kappa shape index (κ2) is 6.80. The number of carbonyl (C=O) groups is 3. The third kappa shape index (κ3) is 3.13. The molecule has 25 heavy (non-hydrogen) atoms. The van der Waals surface area contributed by atoms with Crippen LogP contribution in [0.4, 0.5) is 4.79 Å². The molecule has 0 spiro atoms. The maximum Gasteiger partial charge on any atom is 0.325 e. The van der Waals surface area contributed by atoms with E-state index in [4.69, 9.17) is 4.42 Å². The van der Waals surface area contributed by atoms with E-state index in [-0.39, 0.29) is 13.1 Å². The van der Waals surface area contributed by atoms with Crippen LogP contribution in [0.3, 0.4) is 0 Å². The lowest BCUT2D eigenvalue weighted by atomic mass is 9.87. The molecule has 4 amide bonds. The molecule has 7 nitrogen and oxygen atoms in total. The summed E-state index contributed by atoms with van der Waals surface area (Å²) in [6.07, 6.45) is 1.90. The Bertz CT molecular complexity index is 773. The molecule has 2 N–H and O–H groups in total. The van der Waals surface area contributed by atoms with Crippen molar-refractivity contribution in [3.63, 3.8) is 0 Å². The van der Waals surface area contributed by atoms with E-state index in [9.17, 15) is 14.4 Å². The highest BCUT2D eigenvalue weighted by molar-refractivity contribution is 6.09. The molecule has 1 aromatic carbocycles. The molecule has 0 radical (unpaired) electrons. The van der Waals surface area contributed by atoms with Crippen LogP contribution in [-0.2, 0) is 21.7 Å². The number of nitrogens with zero attached hydrogens (tertiary/aromatic N) is 1. The first-order valence-electron chi connectivity index (χ1n) is 8.05. The van der Waals surface area contributed by atoms with E-state index in [1.807, 2.05) is 25.1 Å². The first-order chi connectivity index (χ1) is 12.1. The number of hydrogen-bond acceptors (Lipinski definition) is 4. The van der Waals surface area contributed by atoms with Crippen LogP contribution >= 0.6 is 0 Å². The highest BCUT2D eigenvalue weighted by atomic mass is 16.3. The zero-order valence-electron chi connectivity index (χ0n) is 13.8. The van der Waals surface area contributed by atoms with Gasteiger partial charge in [0.25, 0.3) is 5.91 Å². The summed E-state index contributed by atoms with van der Waals surface area (Å²) in [7, 11) is 0. The van der Waals surface area contributed by atoms with E-state index in [2.05, 4.69) is 10.6 Å². The van der Waals surface area contributed by atoms with Crippen molar-refractivity contribution in [3.05, 3.63) is 60.1 Å². The summed E-state index contributed by atoms with van der Waals surface area (Å²) in [5.41, 5.74) is -0.422. The van der Waals surface area contributed by atoms with Gasteiger partial charge in [-0.05, 0) is 24.1 Å². The van der Waals surface area contributed by atoms with Gasteiger partial charge in [0.05, 0.1) is 12.8 Å². The maximum absolute atomic E-state index is 12.9. The van der Waals surface area contributed by atoms with Gasteiger partial charge in [-0.25, -0.2) is 4.79 Å². The van der Waals surface area contributed by atoms with Gasteiger partial charge < -0.3 is 15.1 Å². The number of benzene rings is 1. The zero-order chi connectivity index (χ0) is 17.9. The highest BCUT2D eigenvalue weighted by Crippen LogP contribution is 2.32. The van der Waals surface area contributed by atoms with Gasteiger partial charge in [-0.2, -0.15) is 0 Å². The average molecular weight is 341 g/mol. The van der Waals surface area contributed by atoms with Crippen molar-refractivity contribution < 1.29 is 18.8 Å². The van der Waals surface area contributed by atoms with Gasteiger partial charge >= 0.3 is 6.03 Å². The standard InChI is InChI=1S/C18H19N3O4/c1-2-18(13-7-4-3-5-8-13)16(23)21(17(24)20-18)12-15(22)19-11-14-9-6-10-25-14/h3-10H,2,11-12H2,1H3,(H,19,22)(H,20,24)/t18-/m1/s1. The fraction of sp³-hybridized carbons (Fsp3) is 0.278. The molecule has 2 heterocycles. The van der Waals surface area contributed by atoms with Crippen LogP contribution in [0.1, 0.15) is 24.7 Å². The van der Waals surface area contributed by atoms with Crippen molar-refractivity contribution in [1.82, 2.24) is 15.5 Å². The highest BCUT2D eigenvalue weighted by Gasteiger charge is 2.51. The number of carbonyl (C=O) groups excluding carboxylic acids is 3. The van der Waals surface area contributed by atoms with Gasteiger partial charge in [-0.15, -0.1) is 0 Å². The summed E-state index contributed by atoms with van der Waals surface area (Å²) < 4.78 is 5.13. The molecule has 0 unspecified atom stereocenters. The molecule has 0 bridgehead atoms. The number of amides is 4. The Hall–Kier alpha value is -3.09. The monoisotopic (exact) mass is 341 g/mol. The van der Waals surface area contributed by atoms with Crippen molar-refractivity contribution in [3.8, 4) is 0 Å². The predicted octanol–water partition coefficient (Wildman–Crippen LogP) is 1.75. The minimum Gasteiger partial charge on any atom is -0.467 e. The Morgan fingerprint density at radius 3 is 2.60 bits per heavy atom. The van der Waals surface area contributed by atoms with Crippen LogP contribution < -0.4 is 10.6 Å². The van der Waals surface area contributed by atoms with Crippen LogP contribution in [0, 0.1) is 0 Å². The normalized spacial score (nSPS) is 19.8. The third-order valence-electron chi connectivity index (χ3n) is 4.31. The SMILES string of the molecule is CC[C@]1(c2ccccc2)NC(=O)N(CC(=O)NCc2ccco2)C1=O. The van der Waals surface area contributed by atoms with Gasteiger partial charge in [0.1, 0.15) is 17.8 Å². The van der Waals surface area contributed by atoms with Crippen LogP contribution in [0.5, 0.6) is 0 Å². The summed E-state index contributed by atoms with van der Waals surface area (Å²) in [5, 5.41) is 5.38. The lowest BCUT2D eigenvalue weighted by Gasteiger charge is -2.25. The zero-order valence-corrected chi connectivity index (χ0v) is 13.8. The fourth-order valence-corrected chi connectivity index (χ4v) is 2.93. The molecule has 0 saturated carbocycles. The Labute approximate surface area is 145 Å². The Balaban J connectivity index is 1.71. The van der Waals surface area contributed by atoms with E-state index in [1.165, 1.54) is 6.26 Å². The Kier molecular flexibility index (Phi) is 4.56. The first kappa shape index (κ1) is 16.8. The second-order valence-corrected chi connectivity index (χ2v) is 5.80. The summed E-state index contributed by atoms with van der Waals surface area (Å²) >= 11 is 0. The van der Waals surface area contributed by atoms with Gasteiger partial charge in [0, 0.05) is 0 Å². The molecular formula is C18H19N3O4. The minimum atomic E-state index is -1.13. The van der Waals surface area contributed by atoms with Gasteiger partial charge in [-0.1, -0.05) is 37.3 Å². The summed E-state index contributed by atoms with van der Waals surface area (Å²) in [5.74, 6) is -0.253. The van der Waals surface area contributed by atoms with Crippen LogP contribution in [0.15, 0.2) is 53.1 Å². The van der Waals surface area contributed by atoms with Crippen molar-refractivity contribution in [2.45, 2.75) is 25.4 Å². The lowest BCUT2D eigenvalue weighted by Crippen LogP contribution is -2.44. The fourth-order valence-electron chi connectivity index (χ4n) is 2.93. The lowest BCUT2D eigenvalue weighted by molar-refractivity contribution is -0.135. The number of rotatable bonds is 6. The number of imide groups is 1.